The highest BCUT2D eigenvalue weighted by Gasteiger charge is 2.07. The first-order chi connectivity index (χ1) is 11.6. The Labute approximate surface area is 168 Å². The predicted octanol–water partition coefficient (Wildman–Crippen LogP) is 2.73. The highest BCUT2D eigenvalue weighted by atomic mass is 127. The summed E-state index contributed by atoms with van der Waals surface area (Å²) in [5.74, 6) is 1.65. The van der Waals surface area contributed by atoms with Crippen LogP contribution in [0.4, 0.5) is 0 Å². The van der Waals surface area contributed by atoms with Crippen LogP contribution < -0.4 is 15.4 Å². The molecular formula is C18H32IN3O3. The summed E-state index contributed by atoms with van der Waals surface area (Å²) >= 11 is 0. The van der Waals surface area contributed by atoms with Crippen LogP contribution in [0, 0.1) is 6.92 Å². The van der Waals surface area contributed by atoms with E-state index in [0.29, 0.717) is 32.9 Å². The Hall–Kier alpha value is -1.06. The van der Waals surface area contributed by atoms with Crippen LogP contribution in [0.3, 0.4) is 0 Å². The average Bonchev–Trinajstić information content (AvgIpc) is 2.54. The summed E-state index contributed by atoms with van der Waals surface area (Å²) in [5.41, 5.74) is 2.29. The number of ether oxygens (including phenoxy) is 3. The molecule has 0 unspecified atom stereocenters. The molecule has 0 bridgehead atoms. The highest BCUT2D eigenvalue weighted by molar-refractivity contribution is 14.0. The van der Waals surface area contributed by atoms with Crippen LogP contribution >= 0.6 is 24.0 Å². The molecule has 0 aromatic heterocycles. The zero-order valence-corrected chi connectivity index (χ0v) is 18.3. The van der Waals surface area contributed by atoms with Crippen molar-refractivity contribution >= 4 is 29.9 Å². The van der Waals surface area contributed by atoms with Gasteiger partial charge in [0.15, 0.2) is 5.96 Å². The van der Waals surface area contributed by atoms with E-state index in [1.807, 2.05) is 13.8 Å². The number of rotatable bonds is 10. The van der Waals surface area contributed by atoms with Crippen LogP contribution in [-0.4, -0.2) is 52.6 Å². The van der Waals surface area contributed by atoms with Gasteiger partial charge in [-0.2, -0.15) is 0 Å². The lowest BCUT2D eigenvalue weighted by Crippen LogP contribution is -2.38. The summed E-state index contributed by atoms with van der Waals surface area (Å²) < 4.78 is 16.2. The van der Waals surface area contributed by atoms with Crippen molar-refractivity contribution in [3.05, 3.63) is 29.3 Å². The summed E-state index contributed by atoms with van der Waals surface area (Å²) in [6, 6.07) is 6.24. The first-order valence-corrected chi connectivity index (χ1v) is 8.34. The topological polar surface area (TPSA) is 64.1 Å². The summed E-state index contributed by atoms with van der Waals surface area (Å²) in [7, 11) is 3.41. The van der Waals surface area contributed by atoms with Gasteiger partial charge in [0, 0.05) is 32.8 Å². The van der Waals surface area contributed by atoms with Crippen molar-refractivity contribution < 1.29 is 14.2 Å². The van der Waals surface area contributed by atoms with Gasteiger partial charge in [0.05, 0.1) is 25.9 Å². The molecule has 0 aliphatic heterocycles. The Morgan fingerprint density at radius 2 is 1.92 bits per heavy atom. The number of benzene rings is 1. The molecule has 0 heterocycles. The molecule has 0 aliphatic rings. The predicted molar refractivity (Wildman–Crippen MR) is 113 cm³/mol. The maximum atomic E-state index is 5.90. The molecule has 0 fully saturated rings. The number of aliphatic imine (C=N–C) groups is 1. The SMILES string of the molecule is CN=C(NCCOCCOC)NCc1ccc(C)cc1OC(C)C.I. The van der Waals surface area contributed by atoms with Gasteiger partial charge in [-0.25, -0.2) is 0 Å². The molecule has 2 N–H and O–H groups in total. The number of hydrogen-bond acceptors (Lipinski definition) is 4. The Bertz CT molecular complexity index is 510. The lowest BCUT2D eigenvalue weighted by Gasteiger charge is -2.17. The van der Waals surface area contributed by atoms with Gasteiger partial charge >= 0.3 is 0 Å². The summed E-state index contributed by atoms with van der Waals surface area (Å²) in [5, 5.41) is 6.52. The highest BCUT2D eigenvalue weighted by Crippen LogP contribution is 2.21. The molecule has 0 saturated heterocycles. The molecule has 7 heteroatoms. The van der Waals surface area contributed by atoms with E-state index in [2.05, 4.69) is 40.7 Å². The molecule has 1 aromatic carbocycles. The maximum absolute atomic E-state index is 5.90. The average molecular weight is 465 g/mol. The number of nitrogens with one attached hydrogen (secondary N) is 2. The molecule has 0 atom stereocenters. The maximum Gasteiger partial charge on any atom is 0.191 e. The molecular weight excluding hydrogens is 433 g/mol. The lowest BCUT2D eigenvalue weighted by molar-refractivity contribution is 0.0733. The van der Waals surface area contributed by atoms with Gasteiger partial charge in [0.25, 0.3) is 0 Å². The third kappa shape index (κ3) is 10.5. The summed E-state index contributed by atoms with van der Waals surface area (Å²) in [4.78, 5) is 4.22. The minimum Gasteiger partial charge on any atom is -0.491 e. The molecule has 1 aromatic rings. The van der Waals surface area contributed by atoms with Gasteiger partial charge in [-0.15, -0.1) is 24.0 Å². The Balaban J connectivity index is 0.00000576. The van der Waals surface area contributed by atoms with Crippen molar-refractivity contribution in [3.63, 3.8) is 0 Å². The zero-order chi connectivity index (χ0) is 17.8. The summed E-state index contributed by atoms with van der Waals surface area (Å²) in [6.07, 6.45) is 0.146. The van der Waals surface area contributed by atoms with Crippen molar-refractivity contribution in [2.24, 2.45) is 4.99 Å². The number of methoxy groups -OCH3 is 1. The second kappa shape index (κ2) is 14.1. The van der Waals surface area contributed by atoms with Crippen LogP contribution in [0.15, 0.2) is 23.2 Å². The van der Waals surface area contributed by atoms with E-state index in [4.69, 9.17) is 14.2 Å². The normalized spacial score (nSPS) is 11.2. The Morgan fingerprint density at radius 1 is 1.16 bits per heavy atom. The van der Waals surface area contributed by atoms with Gasteiger partial charge in [-0.3, -0.25) is 4.99 Å². The number of halogens is 1. The fourth-order valence-electron chi connectivity index (χ4n) is 2.06. The quantitative estimate of drug-likeness (QED) is 0.241. The van der Waals surface area contributed by atoms with Crippen LogP contribution in [0.25, 0.3) is 0 Å². The monoisotopic (exact) mass is 465 g/mol. The Kier molecular flexibility index (Phi) is 13.5. The largest absolute Gasteiger partial charge is 0.491 e. The molecule has 1 rings (SSSR count). The van der Waals surface area contributed by atoms with Crippen molar-refractivity contribution in [2.75, 3.05) is 40.5 Å². The van der Waals surface area contributed by atoms with Crippen LogP contribution in [-0.2, 0) is 16.0 Å². The molecule has 6 nitrogen and oxygen atoms in total. The molecule has 0 aliphatic carbocycles. The fraction of sp³-hybridized carbons (Fsp3) is 0.611. The van der Waals surface area contributed by atoms with Crippen LogP contribution in [0.2, 0.25) is 0 Å². The van der Waals surface area contributed by atoms with E-state index >= 15 is 0 Å². The van der Waals surface area contributed by atoms with Crippen molar-refractivity contribution in [1.82, 2.24) is 10.6 Å². The van der Waals surface area contributed by atoms with E-state index in [1.165, 1.54) is 5.56 Å². The van der Waals surface area contributed by atoms with E-state index in [-0.39, 0.29) is 30.1 Å². The molecule has 0 radical (unpaired) electrons. The molecule has 0 spiro atoms. The number of nitrogens with zero attached hydrogens (tertiary/aromatic N) is 1. The van der Waals surface area contributed by atoms with E-state index < -0.39 is 0 Å². The van der Waals surface area contributed by atoms with E-state index in [1.54, 1.807) is 14.2 Å². The van der Waals surface area contributed by atoms with Crippen molar-refractivity contribution in [1.29, 1.82) is 0 Å². The first-order valence-electron chi connectivity index (χ1n) is 8.34. The second-order valence-electron chi connectivity index (χ2n) is 5.74. The number of aryl methyl sites for hydroxylation is 1. The second-order valence-corrected chi connectivity index (χ2v) is 5.74. The molecule has 0 amide bonds. The van der Waals surface area contributed by atoms with Gasteiger partial charge in [-0.1, -0.05) is 12.1 Å². The zero-order valence-electron chi connectivity index (χ0n) is 15.9. The standard InChI is InChI=1S/C18H31N3O3.HI/c1-14(2)24-17-12-15(3)6-7-16(17)13-21-18(19-4)20-8-9-23-11-10-22-5;/h6-7,12,14H,8-11,13H2,1-5H3,(H2,19,20,21);1H. The first kappa shape index (κ1) is 23.9. The van der Waals surface area contributed by atoms with Crippen LogP contribution in [0.1, 0.15) is 25.0 Å². The molecule has 144 valence electrons. The van der Waals surface area contributed by atoms with Crippen molar-refractivity contribution in [2.45, 2.75) is 33.4 Å². The minimum absolute atomic E-state index is 0. The minimum atomic E-state index is 0. The van der Waals surface area contributed by atoms with Crippen LogP contribution in [0.5, 0.6) is 5.75 Å². The van der Waals surface area contributed by atoms with E-state index in [9.17, 15) is 0 Å². The summed E-state index contributed by atoms with van der Waals surface area (Å²) in [6.45, 7) is 9.28. The third-order valence-corrected chi connectivity index (χ3v) is 3.23. The Morgan fingerprint density at radius 3 is 2.56 bits per heavy atom. The molecule has 0 saturated carbocycles. The van der Waals surface area contributed by atoms with Crippen molar-refractivity contribution in [3.8, 4) is 5.75 Å². The van der Waals surface area contributed by atoms with Gasteiger partial charge in [0.1, 0.15) is 5.75 Å². The molecule has 25 heavy (non-hydrogen) atoms. The third-order valence-electron chi connectivity index (χ3n) is 3.23. The fourth-order valence-corrected chi connectivity index (χ4v) is 2.06. The van der Waals surface area contributed by atoms with Gasteiger partial charge in [-0.05, 0) is 32.4 Å². The van der Waals surface area contributed by atoms with E-state index in [0.717, 1.165) is 17.3 Å². The van der Waals surface area contributed by atoms with Gasteiger partial charge < -0.3 is 24.8 Å². The number of hydrogen-bond donors (Lipinski definition) is 2. The smallest absolute Gasteiger partial charge is 0.191 e. The lowest BCUT2D eigenvalue weighted by atomic mass is 10.1. The van der Waals surface area contributed by atoms with Gasteiger partial charge in [0.2, 0.25) is 0 Å². The number of guanidine groups is 1.